The van der Waals surface area contributed by atoms with Gasteiger partial charge in [0.25, 0.3) is 10.1 Å². The number of nitrogens with one attached hydrogen (secondary N) is 1. The fourth-order valence-corrected chi connectivity index (χ4v) is 8.97. The molecule has 6 rings (SSSR count). The zero-order valence-corrected chi connectivity index (χ0v) is 28.4. The average molecular weight is 713 g/mol. The lowest BCUT2D eigenvalue weighted by molar-refractivity contribution is -0.137. The van der Waals surface area contributed by atoms with Gasteiger partial charge < -0.3 is 14.6 Å². The minimum absolute atomic E-state index is 0.0152. The molecule has 2 saturated carbocycles. The van der Waals surface area contributed by atoms with Gasteiger partial charge in [0.15, 0.2) is 0 Å². The van der Waals surface area contributed by atoms with Crippen molar-refractivity contribution in [1.82, 2.24) is 14.9 Å². The maximum absolute atomic E-state index is 13.4. The number of alkyl halides is 3. The van der Waals surface area contributed by atoms with Crippen LogP contribution in [0.15, 0.2) is 47.3 Å². The highest BCUT2D eigenvalue weighted by Gasteiger charge is 2.65. The zero-order chi connectivity index (χ0) is 34.9. The average Bonchev–Trinajstić information content (AvgIpc) is 3.34. The molecule has 2 aliphatic carbocycles. The summed E-state index contributed by atoms with van der Waals surface area (Å²) >= 11 is 5.85. The number of Topliss-reactive ketones (excluding diaryl/α,β-unsaturated/α-hetero) is 1. The number of carbonyl (C=O) groups excluding carboxylic acids is 1. The van der Waals surface area contributed by atoms with E-state index in [4.69, 9.17) is 20.9 Å². The number of pyridine rings is 2. The molecule has 48 heavy (non-hydrogen) atoms. The van der Waals surface area contributed by atoms with Gasteiger partial charge in [-0.15, -0.1) is 0 Å². The third-order valence-corrected chi connectivity index (χ3v) is 11.4. The van der Waals surface area contributed by atoms with Crippen molar-refractivity contribution in [2.45, 2.75) is 52.1 Å². The number of benzene rings is 1. The monoisotopic (exact) mass is 712 g/mol. The lowest BCUT2D eigenvalue weighted by atomic mass is 9.70. The molecule has 0 spiro atoms. The maximum atomic E-state index is 13.4. The van der Waals surface area contributed by atoms with Crippen LogP contribution in [0, 0.1) is 16.7 Å². The smallest absolute Gasteiger partial charge is 0.419 e. The third-order valence-electron chi connectivity index (χ3n) is 10.2. The number of anilines is 1. The number of nitrogens with zero attached hydrogens (tertiary/aromatic N) is 3. The van der Waals surface area contributed by atoms with Gasteiger partial charge in [-0.3, -0.25) is 19.0 Å². The fourth-order valence-electron chi connectivity index (χ4n) is 7.39. The Morgan fingerprint density at radius 1 is 1.06 bits per heavy atom. The van der Waals surface area contributed by atoms with Crippen molar-refractivity contribution in [1.29, 1.82) is 0 Å². The fraction of sp³-hybridized carbons (Fsp3) is 0.545. The Morgan fingerprint density at radius 2 is 1.77 bits per heavy atom. The second-order valence-corrected chi connectivity index (χ2v) is 15.2. The molecule has 3 aromatic rings. The highest BCUT2D eigenvalue weighted by atomic mass is 35.5. The Bertz CT molecular complexity index is 1810. The Balaban J connectivity index is 0.000000250. The second kappa shape index (κ2) is 14.0. The van der Waals surface area contributed by atoms with E-state index >= 15 is 0 Å². The van der Waals surface area contributed by atoms with Crippen LogP contribution in [0.4, 0.5) is 18.9 Å². The van der Waals surface area contributed by atoms with Crippen molar-refractivity contribution in [2.75, 3.05) is 50.0 Å². The normalized spacial score (nSPS) is 22.5. The van der Waals surface area contributed by atoms with Gasteiger partial charge >= 0.3 is 6.18 Å². The molecule has 2 aromatic heterocycles. The number of halogens is 4. The maximum Gasteiger partial charge on any atom is 0.419 e. The molecule has 2 N–H and O–H groups in total. The van der Waals surface area contributed by atoms with E-state index in [1.807, 2.05) is 19.9 Å². The number of ketones is 1. The predicted molar refractivity (Wildman–Crippen MR) is 177 cm³/mol. The molecule has 10 nitrogen and oxygen atoms in total. The summed E-state index contributed by atoms with van der Waals surface area (Å²) in [4.78, 5) is 34.3. The SMILES string of the molecule is CC1(C)[C@@H]2CC[C@]1(CS(=O)(=O)O)C(=O)C2.O=c1ccc2ccc(OCCCCN3CCN(c4cccc(Cl)c4C(F)(F)F)CC3)nc2[nH]1. The minimum Gasteiger partial charge on any atom is -0.478 e. The molecule has 2 bridgehead atoms. The summed E-state index contributed by atoms with van der Waals surface area (Å²) in [5.41, 5.74) is -1.45. The van der Waals surface area contributed by atoms with Crippen molar-refractivity contribution in [3.63, 3.8) is 0 Å². The minimum atomic E-state index is -4.49. The first-order chi connectivity index (χ1) is 22.5. The summed E-state index contributed by atoms with van der Waals surface area (Å²) < 4.78 is 77.0. The van der Waals surface area contributed by atoms with Gasteiger partial charge in [-0.05, 0) is 67.8 Å². The van der Waals surface area contributed by atoms with E-state index in [2.05, 4.69) is 14.9 Å². The number of aromatic nitrogens is 2. The molecule has 0 unspecified atom stereocenters. The molecule has 1 aliphatic heterocycles. The van der Waals surface area contributed by atoms with Crippen molar-refractivity contribution < 1.29 is 35.7 Å². The van der Waals surface area contributed by atoms with Crippen LogP contribution in [0.5, 0.6) is 5.88 Å². The van der Waals surface area contributed by atoms with Crippen molar-refractivity contribution >= 4 is 44.2 Å². The summed E-state index contributed by atoms with van der Waals surface area (Å²) in [7, 11) is -4.08. The Morgan fingerprint density at radius 3 is 2.40 bits per heavy atom. The van der Waals surface area contributed by atoms with Crippen LogP contribution in [-0.2, 0) is 21.1 Å². The van der Waals surface area contributed by atoms with Crippen LogP contribution < -0.4 is 15.2 Å². The summed E-state index contributed by atoms with van der Waals surface area (Å²) in [6.45, 7) is 7.62. The van der Waals surface area contributed by atoms with E-state index in [9.17, 15) is 31.2 Å². The molecule has 3 heterocycles. The van der Waals surface area contributed by atoms with Gasteiger partial charge in [0.05, 0.1) is 34.0 Å². The van der Waals surface area contributed by atoms with Gasteiger partial charge in [-0.2, -0.15) is 26.6 Å². The first-order valence-electron chi connectivity index (χ1n) is 15.9. The molecular formula is C33H40ClF3N4O6S. The lowest BCUT2D eigenvalue weighted by Gasteiger charge is -2.37. The predicted octanol–water partition coefficient (Wildman–Crippen LogP) is 5.85. The van der Waals surface area contributed by atoms with E-state index in [-0.39, 0.29) is 33.4 Å². The summed E-state index contributed by atoms with van der Waals surface area (Å²) in [6, 6.07) is 11.1. The summed E-state index contributed by atoms with van der Waals surface area (Å²) in [5.74, 6) is 0.357. The number of ether oxygens (including phenoxy) is 1. The molecule has 1 saturated heterocycles. The number of hydrogen-bond acceptors (Lipinski definition) is 8. The van der Waals surface area contributed by atoms with Gasteiger partial charge in [-0.25, -0.2) is 0 Å². The number of fused-ring (bicyclic) bond motifs is 3. The van der Waals surface area contributed by atoms with Gasteiger partial charge in [-0.1, -0.05) is 31.5 Å². The Kier molecular flexibility index (Phi) is 10.5. The van der Waals surface area contributed by atoms with E-state index in [0.717, 1.165) is 31.2 Å². The standard InChI is InChI=1S/C23H24ClF3N4O2.C10H16O4S/c24-17-4-3-5-18(21(17)23(25,26)27)31-13-11-30(12-14-31)10-1-2-15-33-20-9-7-16-6-8-19(32)28-22(16)29-20;1-9(2)7-3-4-10(9,8(11)5-7)6-15(12,13)14/h3-9H,1-2,10-15H2,(H,28,29,32);7H,3-6H2,1-2H3,(H,12,13,14)/t;7-,10+/m.1/s1. The van der Waals surface area contributed by atoms with Crippen LogP contribution >= 0.6 is 11.6 Å². The molecular weight excluding hydrogens is 673 g/mol. The number of carbonyl (C=O) groups is 1. The molecule has 262 valence electrons. The van der Waals surface area contributed by atoms with Crippen LogP contribution in [0.3, 0.4) is 0 Å². The highest BCUT2D eigenvalue weighted by molar-refractivity contribution is 7.85. The number of rotatable bonds is 9. The number of piperazine rings is 1. The number of unbranched alkanes of at least 4 members (excludes halogenated alkanes) is 1. The Hall–Kier alpha value is -3.20. The van der Waals surface area contributed by atoms with Crippen molar-refractivity contribution in [3.8, 4) is 5.88 Å². The number of hydrogen-bond donors (Lipinski definition) is 2. The van der Waals surface area contributed by atoms with Gasteiger partial charge in [0, 0.05) is 50.1 Å². The molecule has 15 heteroatoms. The second-order valence-electron chi connectivity index (χ2n) is 13.3. The van der Waals surface area contributed by atoms with E-state index < -0.39 is 33.0 Å². The van der Waals surface area contributed by atoms with Crippen LogP contribution in [0.25, 0.3) is 11.0 Å². The topological polar surface area (TPSA) is 133 Å². The lowest BCUT2D eigenvalue weighted by Crippen LogP contribution is -2.47. The molecule has 1 aromatic carbocycles. The van der Waals surface area contributed by atoms with Crippen molar-refractivity contribution in [2.24, 2.45) is 16.7 Å². The number of H-pyrrole nitrogens is 1. The molecule has 2 atom stereocenters. The molecule has 0 radical (unpaired) electrons. The summed E-state index contributed by atoms with van der Waals surface area (Å²) in [5, 5.41) is 0.566. The first kappa shape index (κ1) is 36.1. The summed E-state index contributed by atoms with van der Waals surface area (Å²) in [6.07, 6.45) is -0.798. The highest BCUT2D eigenvalue weighted by Crippen LogP contribution is 2.64. The molecule has 3 fully saturated rings. The molecule has 3 aliphatic rings. The zero-order valence-electron chi connectivity index (χ0n) is 26.9. The third kappa shape index (κ3) is 7.82. The Labute approximate surface area is 282 Å². The van der Waals surface area contributed by atoms with Gasteiger partial charge in [0.2, 0.25) is 11.4 Å². The quantitative estimate of drug-likeness (QED) is 0.207. The number of aromatic amines is 1. The largest absolute Gasteiger partial charge is 0.478 e. The van der Waals surface area contributed by atoms with Gasteiger partial charge in [0.1, 0.15) is 11.4 Å². The molecule has 0 amide bonds. The van der Waals surface area contributed by atoms with Crippen molar-refractivity contribution in [3.05, 3.63) is 63.4 Å². The van der Waals surface area contributed by atoms with Crippen LogP contribution in [0.2, 0.25) is 5.02 Å². The van der Waals surface area contributed by atoms with E-state index in [1.54, 1.807) is 23.1 Å². The van der Waals surface area contributed by atoms with Crippen LogP contribution in [-0.4, -0.2) is 78.7 Å². The van der Waals surface area contributed by atoms with E-state index in [1.165, 1.54) is 18.2 Å². The van der Waals surface area contributed by atoms with E-state index in [0.29, 0.717) is 57.2 Å². The first-order valence-corrected chi connectivity index (χ1v) is 17.9. The van der Waals surface area contributed by atoms with Crippen LogP contribution in [0.1, 0.15) is 51.5 Å².